The second-order valence-electron chi connectivity index (χ2n) is 6.63. The first-order valence-electron chi connectivity index (χ1n) is 7.68. The van der Waals surface area contributed by atoms with Gasteiger partial charge < -0.3 is 16.2 Å². The normalized spacial score (nSPS) is 25.6. The third kappa shape index (κ3) is 3.76. The average molecular weight is 290 g/mol. The maximum absolute atomic E-state index is 12.3. The van der Waals surface area contributed by atoms with Crippen molar-refractivity contribution >= 4 is 11.6 Å². The number of nitrogens with one attached hydrogen (secondary N) is 1. The molecule has 0 saturated heterocycles. The van der Waals surface area contributed by atoms with Gasteiger partial charge in [-0.25, -0.2) is 0 Å². The third-order valence-corrected chi connectivity index (χ3v) is 4.50. The summed E-state index contributed by atoms with van der Waals surface area (Å²) in [6.45, 7) is 6.29. The highest BCUT2D eigenvalue weighted by atomic mass is 16.3. The number of nitrogen functional groups attached to an aromatic ring is 1. The van der Waals surface area contributed by atoms with Crippen LogP contribution in [0.3, 0.4) is 0 Å². The number of anilines is 1. The number of amides is 1. The van der Waals surface area contributed by atoms with E-state index in [1.807, 2.05) is 19.9 Å². The molecule has 21 heavy (non-hydrogen) atoms. The van der Waals surface area contributed by atoms with Gasteiger partial charge in [-0.1, -0.05) is 25.8 Å². The van der Waals surface area contributed by atoms with Gasteiger partial charge in [0.05, 0.1) is 5.60 Å². The van der Waals surface area contributed by atoms with Crippen LogP contribution in [0, 0.1) is 19.8 Å². The number of carbonyl (C=O) groups excluding carboxylic acids is 1. The topological polar surface area (TPSA) is 75.3 Å². The van der Waals surface area contributed by atoms with E-state index >= 15 is 0 Å². The zero-order valence-electron chi connectivity index (χ0n) is 13.2. The van der Waals surface area contributed by atoms with Crippen LogP contribution in [-0.2, 0) is 0 Å². The van der Waals surface area contributed by atoms with E-state index in [4.69, 9.17) is 5.73 Å². The Balaban J connectivity index is 2.03. The Labute approximate surface area is 126 Å². The predicted molar refractivity (Wildman–Crippen MR) is 85.2 cm³/mol. The highest BCUT2D eigenvalue weighted by Crippen LogP contribution is 2.31. The molecule has 0 aromatic heterocycles. The Hall–Kier alpha value is -1.55. The van der Waals surface area contributed by atoms with Crippen molar-refractivity contribution in [2.75, 3.05) is 12.3 Å². The van der Waals surface area contributed by atoms with Crippen LogP contribution in [-0.4, -0.2) is 23.2 Å². The SMILES string of the molecule is Cc1cc(C)c(C(=O)NCC2(O)CCCC(C)C2)cc1N. The molecular formula is C17H26N2O2. The molecule has 0 bridgehead atoms. The molecule has 0 heterocycles. The van der Waals surface area contributed by atoms with Gasteiger partial charge in [-0.05, 0) is 49.8 Å². The molecule has 4 heteroatoms. The number of nitrogens with two attached hydrogens (primary N) is 1. The minimum Gasteiger partial charge on any atom is -0.398 e. The number of hydrogen-bond donors (Lipinski definition) is 3. The van der Waals surface area contributed by atoms with Crippen molar-refractivity contribution in [2.45, 2.75) is 52.1 Å². The molecule has 1 saturated carbocycles. The molecule has 1 aromatic carbocycles. The molecule has 1 amide bonds. The van der Waals surface area contributed by atoms with E-state index in [1.54, 1.807) is 6.07 Å². The largest absolute Gasteiger partial charge is 0.398 e. The molecule has 1 aliphatic carbocycles. The molecule has 4 nitrogen and oxygen atoms in total. The molecule has 0 aliphatic heterocycles. The van der Waals surface area contributed by atoms with Crippen LogP contribution in [0.1, 0.15) is 54.1 Å². The van der Waals surface area contributed by atoms with Gasteiger partial charge in [-0.3, -0.25) is 4.79 Å². The van der Waals surface area contributed by atoms with Crippen molar-refractivity contribution in [3.05, 3.63) is 28.8 Å². The number of benzene rings is 1. The van der Waals surface area contributed by atoms with Gasteiger partial charge in [0.25, 0.3) is 5.91 Å². The molecular weight excluding hydrogens is 264 g/mol. The summed E-state index contributed by atoms with van der Waals surface area (Å²) < 4.78 is 0. The Morgan fingerprint density at radius 2 is 2.14 bits per heavy atom. The highest BCUT2D eigenvalue weighted by Gasteiger charge is 2.33. The first-order valence-corrected chi connectivity index (χ1v) is 7.68. The number of hydrogen-bond acceptors (Lipinski definition) is 3. The molecule has 4 N–H and O–H groups in total. The molecule has 0 radical (unpaired) electrons. The predicted octanol–water partition coefficient (Wildman–Crippen LogP) is 2.56. The fraction of sp³-hybridized carbons (Fsp3) is 0.588. The quantitative estimate of drug-likeness (QED) is 0.749. The summed E-state index contributed by atoms with van der Waals surface area (Å²) in [6, 6.07) is 3.63. The van der Waals surface area contributed by atoms with Gasteiger partial charge in [0, 0.05) is 17.8 Å². The molecule has 2 rings (SSSR count). The summed E-state index contributed by atoms with van der Waals surface area (Å²) in [5, 5.41) is 13.4. The number of aryl methyl sites for hydroxylation is 2. The Morgan fingerprint density at radius 1 is 1.43 bits per heavy atom. The zero-order valence-corrected chi connectivity index (χ0v) is 13.2. The third-order valence-electron chi connectivity index (χ3n) is 4.50. The van der Waals surface area contributed by atoms with Crippen LogP contribution >= 0.6 is 0 Å². The number of carbonyl (C=O) groups is 1. The van der Waals surface area contributed by atoms with Crippen LogP contribution in [0.25, 0.3) is 0 Å². The van der Waals surface area contributed by atoms with Crippen molar-refractivity contribution in [1.82, 2.24) is 5.32 Å². The van der Waals surface area contributed by atoms with Gasteiger partial charge in [0.1, 0.15) is 0 Å². The van der Waals surface area contributed by atoms with Gasteiger partial charge >= 0.3 is 0 Å². The average Bonchev–Trinajstić information content (AvgIpc) is 2.40. The standard InChI is InChI=1S/C17H26N2O2/c1-11-5-4-6-17(21,9-11)10-19-16(20)14-8-15(18)13(3)7-12(14)2/h7-8,11,21H,4-6,9-10,18H2,1-3H3,(H,19,20). The smallest absolute Gasteiger partial charge is 0.251 e. The zero-order chi connectivity index (χ0) is 15.6. The van der Waals surface area contributed by atoms with Crippen molar-refractivity contribution < 1.29 is 9.90 Å². The van der Waals surface area contributed by atoms with Crippen molar-refractivity contribution in [2.24, 2.45) is 5.92 Å². The van der Waals surface area contributed by atoms with Gasteiger partial charge in [0.15, 0.2) is 0 Å². The van der Waals surface area contributed by atoms with E-state index in [1.165, 1.54) is 0 Å². The molecule has 2 unspecified atom stereocenters. The first kappa shape index (κ1) is 15.8. The molecule has 1 fully saturated rings. The summed E-state index contributed by atoms with van der Waals surface area (Å²) in [5.74, 6) is 0.350. The van der Waals surface area contributed by atoms with Gasteiger partial charge in [0.2, 0.25) is 0 Å². The fourth-order valence-corrected chi connectivity index (χ4v) is 3.25. The van der Waals surface area contributed by atoms with Crippen molar-refractivity contribution in [3.63, 3.8) is 0 Å². The Kier molecular flexibility index (Phi) is 4.57. The highest BCUT2D eigenvalue weighted by molar-refractivity contribution is 5.96. The van der Waals surface area contributed by atoms with Crippen LogP contribution in [0.15, 0.2) is 12.1 Å². The second-order valence-corrected chi connectivity index (χ2v) is 6.63. The minimum atomic E-state index is -0.766. The van der Waals surface area contributed by atoms with Gasteiger partial charge in [-0.15, -0.1) is 0 Å². The lowest BCUT2D eigenvalue weighted by atomic mass is 9.79. The molecule has 1 aromatic rings. The summed E-state index contributed by atoms with van der Waals surface area (Å²) >= 11 is 0. The van der Waals surface area contributed by atoms with E-state index in [9.17, 15) is 9.90 Å². The summed E-state index contributed by atoms with van der Waals surface area (Å²) in [7, 11) is 0. The molecule has 116 valence electrons. The lowest BCUT2D eigenvalue weighted by Crippen LogP contribution is -2.45. The van der Waals surface area contributed by atoms with Gasteiger partial charge in [-0.2, -0.15) is 0 Å². The Morgan fingerprint density at radius 3 is 2.81 bits per heavy atom. The van der Waals surface area contributed by atoms with Crippen LogP contribution in [0.5, 0.6) is 0 Å². The van der Waals surface area contributed by atoms with E-state index < -0.39 is 5.60 Å². The van der Waals surface area contributed by atoms with Crippen molar-refractivity contribution in [3.8, 4) is 0 Å². The first-order chi connectivity index (χ1) is 9.81. The number of aliphatic hydroxyl groups is 1. The Bertz CT molecular complexity index is 542. The van der Waals surface area contributed by atoms with Crippen LogP contribution in [0.4, 0.5) is 5.69 Å². The fourth-order valence-electron chi connectivity index (χ4n) is 3.25. The second kappa shape index (κ2) is 6.06. The maximum atomic E-state index is 12.3. The summed E-state index contributed by atoms with van der Waals surface area (Å²) in [4.78, 5) is 12.3. The van der Waals surface area contributed by atoms with E-state index in [-0.39, 0.29) is 5.91 Å². The van der Waals surface area contributed by atoms with Crippen LogP contribution in [0.2, 0.25) is 0 Å². The lowest BCUT2D eigenvalue weighted by molar-refractivity contribution is -0.0109. The summed E-state index contributed by atoms with van der Waals surface area (Å²) in [6.07, 6.45) is 3.68. The number of rotatable bonds is 3. The summed E-state index contributed by atoms with van der Waals surface area (Å²) in [5.41, 5.74) is 8.21. The maximum Gasteiger partial charge on any atom is 0.251 e. The monoisotopic (exact) mass is 290 g/mol. The molecule has 2 atom stereocenters. The van der Waals surface area contributed by atoms with Crippen molar-refractivity contribution in [1.29, 1.82) is 0 Å². The minimum absolute atomic E-state index is 0.161. The van der Waals surface area contributed by atoms with E-state index in [0.29, 0.717) is 23.7 Å². The lowest BCUT2D eigenvalue weighted by Gasteiger charge is -2.35. The van der Waals surface area contributed by atoms with E-state index in [2.05, 4.69) is 12.2 Å². The van der Waals surface area contributed by atoms with Crippen LogP contribution < -0.4 is 11.1 Å². The molecule has 0 spiro atoms. The molecule has 1 aliphatic rings. The van der Waals surface area contributed by atoms with E-state index in [0.717, 1.165) is 36.8 Å².